The molecule has 0 amide bonds. The van der Waals surface area contributed by atoms with Crippen molar-refractivity contribution in [2.24, 2.45) is 0 Å². The van der Waals surface area contributed by atoms with Crippen molar-refractivity contribution in [2.45, 2.75) is 43.4 Å². The first kappa shape index (κ1) is 21.6. The first-order chi connectivity index (χ1) is 15.8. The maximum Gasteiger partial charge on any atom is 0.269 e. The SMILES string of the molecule is CC(O)c1nc2cnc3c(ccn3S(=O)(=O)c3ccccc3)c2n1C1CCN(C(C)C#N)C1. The summed E-state index contributed by atoms with van der Waals surface area (Å²) in [7, 11) is -3.82. The fourth-order valence-corrected chi connectivity index (χ4v) is 5.96. The van der Waals surface area contributed by atoms with E-state index < -0.39 is 16.1 Å². The molecule has 5 rings (SSSR count). The van der Waals surface area contributed by atoms with Gasteiger partial charge in [-0.3, -0.25) is 4.90 Å². The molecular formula is C23H24N6O3S. The molecule has 1 N–H and O–H groups in total. The fraction of sp³-hybridized carbons (Fsp3) is 0.348. The van der Waals surface area contributed by atoms with Crippen LogP contribution < -0.4 is 0 Å². The molecule has 1 saturated heterocycles. The lowest BCUT2D eigenvalue weighted by atomic mass is 10.2. The van der Waals surface area contributed by atoms with Crippen molar-refractivity contribution in [2.75, 3.05) is 13.1 Å². The monoisotopic (exact) mass is 464 g/mol. The van der Waals surface area contributed by atoms with Gasteiger partial charge in [0.1, 0.15) is 17.4 Å². The lowest BCUT2D eigenvalue weighted by molar-refractivity contribution is 0.181. The van der Waals surface area contributed by atoms with E-state index in [9.17, 15) is 18.8 Å². The van der Waals surface area contributed by atoms with Gasteiger partial charge < -0.3 is 9.67 Å². The highest BCUT2D eigenvalue weighted by molar-refractivity contribution is 7.90. The van der Waals surface area contributed by atoms with E-state index in [1.165, 1.54) is 10.2 Å². The number of fused-ring (bicyclic) bond motifs is 3. The van der Waals surface area contributed by atoms with Gasteiger partial charge in [0, 0.05) is 30.7 Å². The number of aliphatic hydroxyl groups excluding tert-OH is 1. The molecule has 1 aromatic carbocycles. The average molecular weight is 465 g/mol. The molecule has 4 aromatic rings. The number of rotatable bonds is 5. The lowest BCUT2D eigenvalue weighted by Gasteiger charge is -2.21. The number of aromatic nitrogens is 4. The van der Waals surface area contributed by atoms with Crippen molar-refractivity contribution < 1.29 is 13.5 Å². The number of imidazole rings is 1. The van der Waals surface area contributed by atoms with E-state index in [0.717, 1.165) is 18.5 Å². The fourth-order valence-electron chi connectivity index (χ4n) is 4.64. The highest BCUT2D eigenvalue weighted by Crippen LogP contribution is 2.35. The minimum atomic E-state index is -3.82. The second-order valence-corrected chi connectivity index (χ2v) is 10.2. The quantitative estimate of drug-likeness (QED) is 0.483. The number of hydrogen-bond donors (Lipinski definition) is 1. The van der Waals surface area contributed by atoms with E-state index >= 15 is 0 Å². The van der Waals surface area contributed by atoms with E-state index in [-0.39, 0.29) is 17.0 Å². The predicted octanol–water partition coefficient (Wildman–Crippen LogP) is 2.84. The highest BCUT2D eigenvalue weighted by Gasteiger charge is 2.32. The van der Waals surface area contributed by atoms with Gasteiger partial charge in [0.05, 0.1) is 28.7 Å². The van der Waals surface area contributed by atoms with E-state index in [1.54, 1.807) is 49.5 Å². The summed E-state index contributed by atoms with van der Waals surface area (Å²) in [4.78, 5) is 11.3. The zero-order valence-electron chi connectivity index (χ0n) is 18.3. The van der Waals surface area contributed by atoms with Crippen molar-refractivity contribution in [1.29, 1.82) is 5.26 Å². The molecule has 170 valence electrons. The van der Waals surface area contributed by atoms with E-state index in [1.807, 2.05) is 11.5 Å². The normalized spacial score (nSPS) is 19.2. The molecule has 3 unspecified atom stereocenters. The standard InChI is InChI=1S/C23H24N6O3S/c1-15(12-24)27-10-8-17(14-27)29-21-19-9-11-28(33(31,32)18-6-4-3-5-7-18)23(19)25-13-20(21)26-22(29)16(2)30/h3-7,9,11,13,15-17,30H,8,10,14H2,1-2H3. The van der Waals surface area contributed by atoms with Gasteiger partial charge in [0.25, 0.3) is 10.0 Å². The molecule has 1 fully saturated rings. The summed E-state index contributed by atoms with van der Waals surface area (Å²) < 4.78 is 29.7. The molecule has 4 heterocycles. The molecule has 0 radical (unpaired) electrons. The second kappa shape index (κ2) is 7.95. The van der Waals surface area contributed by atoms with Gasteiger partial charge >= 0.3 is 0 Å². The van der Waals surface area contributed by atoms with Crippen LogP contribution in [0.1, 0.15) is 38.2 Å². The van der Waals surface area contributed by atoms with Crippen LogP contribution in [0, 0.1) is 11.3 Å². The van der Waals surface area contributed by atoms with Gasteiger partial charge in [-0.1, -0.05) is 18.2 Å². The van der Waals surface area contributed by atoms with Gasteiger partial charge in [-0.15, -0.1) is 0 Å². The summed E-state index contributed by atoms with van der Waals surface area (Å²) in [5.74, 6) is 0.509. The summed E-state index contributed by atoms with van der Waals surface area (Å²) in [6.07, 6.45) is 3.05. The third-order valence-corrected chi connectivity index (χ3v) is 8.00. The average Bonchev–Trinajstić information content (AvgIpc) is 3.54. The third kappa shape index (κ3) is 3.40. The maximum absolute atomic E-state index is 13.3. The van der Waals surface area contributed by atoms with Crippen molar-refractivity contribution in [3.63, 3.8) is 0 Å². The van der Waals surface area contributed by atoms with Crippen LogP contribution in [0.15, 0.2) is 53.7 Å². The molecule has 9 nitrogen and oxygen atoms in total. The van der Waals surface area contributed by atoms with Crippen LogP contribution in [0.5, 0.6) is 0 Å². The summed E-state index contributed by atoms with van der Waals surface area (Å²) >= 11 is 0. The molecule has 3 aromatic heterocycles. The minimum absolute atomic E-state index is 0.00456. The Bertz CT molecular complexity index is 1480. The molecule has 0 saturated carbocycles. The van der Waals surface area contributed by atoms with Gasteiger partial charge in [-0.2, -0.15) is 5.26 Å². The van der Waals surface area contributed by atoms with Crippen LogP contribution in [0.25, 0.3) is 22.1 Å². The van der Waals surface area contributed by atoms with Crippen LogP contribution in [-0.2, 0) is 10.0 Å². The van der Waals surface area contributed by atoms with Crippen molar-refractivity contribution in [1.82, 2.24) is 23.4 Å². The van der Waals surface area contributed by atoms with Crippen LogP contribution in [-0.4, -0.2) is 56.1 Å². The van der Waals surface area contributed by atoms with Crippen LogP contribution in [0.2, 0.25) is 0 Å². The number of hydrogen-bond acceptors (Lipinski definition) is 7. The molecular weight excluding hydrogens is 440 g/mol. The third-order valence-electron chi connectivity index (χ3n) is 6.32. The molecule has 0 bridgehead atoms. The van der Waals surface area contributed by atoms with Gasteiger partial charge in [-0.25, -0.2) is 22.4 Å². The predicted molar refractivity (Wildman–Crippen MR) is 123 cm³/mol. The van der Waals surface area contributed by atoms with E-state index in [2.05, 4.69) is 20.9 Å². The van der Waals surface area contributed by atoms with Crippen molar-refractivity contribution in [3.05, 3.63) is 54.6 Å². The number of likely N-dealkylation sites (tertiary alicyclic amines) is 1. The molecule has 1 aliphatic heterocycles. The Kier molecular flexibility index (Phi) is 5.20. The topological polar surface area (TPSA) is 117 Å². The Morgan fingerprint density at radius 2 is 1.97 bits per heavy atom. The summed E-state index contributed by atoms with van der Waals surface area (Å²) in [6.45, 7) is 4.95. The number of benzene rings is 1. The number of nitrogens with zero attached hydrogens (tertiary/aromatic N) is 6. The molecule has 3 atom stereocenters. The van der Waals surface area contributed by atoms with Crippen LogP contribution in [0.4, 0.5) is 0 Å². The molecule has 33 heavy (non-hydrogen) atoms. The Labute approximate surface area is 191 Å². The zero-order chi connectivity index (χ0) is 23.3. The minimum Gasteiger partial charge on any atom is -0.385 e. The lowest BCUT2D eigenvalue weighted by Crippen LogP contribution is -2.30. The first-order valence-corrected chi connectivity index (χ1v) is 12.3. The van der Waals surface area contributed by atoms with Gasteiger partial charge in [0.15, 0.2) is 5.65 Å². The van der Waals surface area contributed by atoms with Crippen molar-refractivity contribution in [3.8, 4) is 6.07 Å². The summed E-state index contributed by atoms with van der Waals surface area (Å²) in [6, 6.07) is 12.0. The highest BCUT2D eigenvalue weighted by atomic mass is 32.2. The number of nitriles is 1. The maximum atomic E-state index is 13.3. The summed E-state index contributed by atoms with van der Waals surface area (Å²) in [5.41, 5.74) is 1.65. The molecule has 0 aliphatic carbocycles. The molecule has 10 heteroatoms. The Hall–Kier alpha value is -3.26. The van der Waals surface area contributed by atoms with Crippen LogP contribution in [0.3, 0.4) is 0 Å². The van der Waals surface area contributed by atoms with Gasteiger partial charge in [0.2, 0.25) is 0 Å². The second-order valence-electron chi connectivity index (χ2n) is 8.42. The number of aliphatic hydroxyl groups is 1. The molecule has 1 aliphatic rings. The van der Waals surface area contributed by atoms with Gasteiger partial charge in [-0.05, 0) is 38.5 Å². The van der Waals surface area contributed by atoms with E-state index in [4.69, 9.17) is 0 Å². The number of pyridine rings is 1. The Balaban J connectivity index is 1.70. The Morgan fingerprint density at radius 1 is 1.21 bits per heavy atom. The summed E-state index contributed by atoms with van der Waals surface area (Å²) in [5, 5.41) is 20.4. The molecule has 0 spiro atoms. The smallest absolute Gasteiger partial charge is 0.269 e. The first-order valence-electron chi connectivity index (χ1n) is 10.8. The largest absolute Gasteiger partial charge is 0.385 e. The Morgan fingerprint density at radius 3 is 2.67 bits per heavy atom. The van der Waals surface area contributed by atoms with Crippen molar-refractivity contribution >= 4 is 32.1 Å². The van der Waals surface area contributed by atoms with E-state index in [0.29, 0.717) is 28.9 Å². The van der Waals surface area contributed by atoms with Crippen LogP contribution >= 0.6 is 0 Å². The zero-order valence-corrected chi connectivity index (χ0v) is 19.1.